The summed E-state index contributed by atoms with van der Waals surface area (Å²) in [4.78, 5) is 9.79. The van der Waals surface area contributed by atoms with E-state index in [1.54, 1.807) is 0 Å². The molecule has 2 fully saturated rings. The van der Waals surface area contributed by atoms with Gasteiger partial charge in [-0.15, -0.1) is 0 Å². The maximum absolute atomic E-state index is 6.15. The summed E-state index contributed by atoms with van der Waals surface area (Å²) in [6.07, 6.45) is 2.67. The van der Waals surface area contributed by atoms with E-state index in [0.29, 0.717) is 49.7 Å². The number of fused-ring (bicyclic) bond motifs is 4. The summed E-state index contributed by atoms with van der Waals surface area (Å²) in [5.41, 5.74) is 7.73. The Balaban J connectivity index is 0.734. The lowest BCUT2D eigenvalue weighted by molar-refractivity contribution is -0.304. The van der Waals surface area contributed by atoms with Gasteiger partial charge in [-0.1, -0.05) is 72.8 Å². The van der Waals surface area contributed by atoms with Crippen LogP contribution in [0.3, 0.4) is 0 Å². The molecule has 10 nitrogen and oxygen atoms in total. The zero-order valence-electron chi connectivity index (χ0n) is 31.2. The molecule has 0 aliphatic carbocycles. The maximum Gasteiger partial charge on any atom is 0.170 e. The van der Waals surface area contributed by atoms with Gasteiger partial charge in [-0.25, -0.2) is 9.97 Å². The molecular formula is C43H46N6O4S2. The maximum atomic E-state index is 6.15. The molecule has 8 rings (SSSR count). The molecule has 4 N–H and O–H groups in total. The molecule has 4 aromatic carbocycles. The first-order valence-corrected chi connectivity index (χ1v) is 19.8. The largest absolute Gasteiger partial charge is 0.362 e. The van der Waals surface area contributed by atoms with Crippen molar-refractivity contribution in [3.8, 4) is 0 Å². The van der Waals surface area contributed by atoms with Crippen LogP contribution in [0.25, 0.3) is 43.6 Å². The van der Waals surface area contributed by atoms with Crippen molar-refractivity contribution in [2.24, 2.45) is 5.41 Å². The highest BCUT2D eigenvalue weighted by Crippen LogP contribution is 2.34. The van der Waals surface area contributed by atoms with E-state index < -0.39 is 0 Å². The molecular weight excluding hydrogens is 729 g/mol. The molecule has 0 saturated carbocycles. The van der Waals surface area contributed by atoms with E-state index in [-0.39, 0.29) is 18.0 Å². The molecule has 0 unspecified atom stereocenters. The van der Waals surface area contributed by atoms with Gasteiger partial charge in [-0.3, -0.25) is 0 Å². The van der Waals surface area contributed by atoms with Crippen molar-refractivity contribution in [2.45, 2.75) is 52.1 Å². The number of thiocarbonyl (C=S) groups is 2. The van der Waals surface area contributed by atoms with Crippen molar-refractivity contribution >= 4 is 89.6 Å². The second-order valence-electron chi connectivity index (χ2n) is 14.6. The van der Waals surface area contributed by atoms with Crippen LogP contribution in [0.2, 0.25) is 0 Å². The molecule has 0 radical (unpaired) electrons. The van der Waals surface area contributed by atoms with Gasteiger partial charge in [0.15, 0.2) is 22.8 Å². The monoisotopic (exact) mass is 774 g/mol. The minimum Gasteiger partial charge on any atom is -0.362 e. The Bertz CT molecular complexity index is 2190. The van der Waals surface area contributed by atoms with Crippen LogP contribution in [0, 0.1) is 19.3 Å². The number of hydrogen-bond donors (Lipinski definition) is 4. The summed E-state index contributed by atoms with van der Waals surface area (Å²) in [7, 11) is 0. The number of rotatable bonds is 10. The molecule has 284 valence electrons. The van der Waals surface area contributed by atoms with Crippen LogP contribution in [-0.2, 0) is 18.9 Å². The zero-order valence-corrected chi connectivity index (χ0v) is 32.8. The van der Waals surface area contributed by atoms with Crippen LogP contribution >= 0.6 is 24.4 Å². The quantitative estimate of drug-likeness (QED) is 0.0611. The Hall–Kier alpha value is -4.56. The fourth-order valence-electron chi connectivity index (χ4n) is 7.40. The van der Waals surface area contributed by atoms with Gasteiger partial charge in [0.05, 0.1) is 65.3 Å². The van der Waals surface area contributed by atoms with Gasteiger partial charge < -0.3 is 40.2 Å². The third-order valence-electron chi connectivity index (χ3n) is 10.4. The standard InChI is InChI=1S/C43H46N6O4S2/c1-27-11-7-15-31-37(27)46-33-17-5-3-13-29(33)39(31)48-41(54)44-21-9-19-35-50-23-43(24-51-35)25-52-36(53-26-43)20-10-22-45-42(55)49-40-30-14-4-6-18-34(30)47-38-28(2)12-8-16-32(38)40/h3-8,11-18,35-36H,9-10,19-26H2,1-2H3,(H2,44,46,48,54)(H2,45,47,49,55). The third kappa shape index (κ3) is 8.35. The van der Waals surface area contributed by atoms with Crippen LogP contribution in [0.1, 0.15) is 36.8 Å². The second kappa shape index (κ2) is 16.7. The number of aryl methyl sites for hydroxylation is 2. The molecule has 0 bridgehead atoms. The highest BCUT2D eigenvalue weighted by molar-refractivity contribution is 7.80. The number of ether oxygens (including phenoxy) is 4. The molecule has 2 aliphatic rings. The van der Waals surface area contributed by atoms with E-state index in [4.69, 9.17) is 53.4 Å². The van der Waals surface area contributed by atoms with Crippen LogP contribution in [0.4, 0.5) is 11.4 Å². The molecule has 0 atom stereocenters. The molecule has 2 aromatic heterocycles. The summed E-state index contributed by atoms with van der Waals surface area (Å²) in [5, 5.41) is 19.0. The van der Waals surface area contributed by atoms with Crippen molar-refractivity contribution in [2.75, 3.05) is 50.2 Å². The molecule has 2 saturated heterocycles. The predicted molar refractivity (Wildman–Crippen MR) is 229 cm³/mol. The third-order valence-corrected chi connectivity index (χ3v) is 10.9. The summed E-state index contributed by atoms with van der Waals surface area (Å²) in [6.45, 7) is 7.71. The van der Waals surface area contributed by atoms with Gasteiger partial charge in [0.2, 0.25) is 0 Å². The summed E-state index contributed by atoms with van der Waals surface area (Å²) in [5.74, 6) is 0. The van der Waals surface area contributed by atoms with Crippen molar-refractivity contribution in [1.82, 2.24) is 20.6 Å². The fourth-order valence-corrected chi connectivity index (χ4v) is 7.81. The minimum absolute atomic E-state index is 0.265. The van der Waals surface area contributed by atoms with Gasteiger partial charge in [-0.2, -0.15) is 0 Å². The van der Waals surface area contributed by atoms with E-state index in [9.17, 15) is 0 Å². The van der Waals surface area contributed by atoms with Gasteiger partial charge in [-0.05, 0) is 74.4 Å². The number of pyridine rings is 2. The Morgan fingerprint density at radius 1 is 0.582 bits per heavy atom. The number of hydrogen-bond acceptors (Lipinski definition) is 8. The summed E-state index contributed by atoms with van der Waals surface area (Å²) >= 11 is 11.4. The number of para-hydroxylation sites is 4. The number of benzene rings is 4. The lowest BCUT2D eigenvalue weighted by Gasteiger charge is -2.43. The van der Waals surface area contributed by atoms with E-state index in [1.807, 2.05) is 36.4 Å². The second-order valence-corrected chi connectivity index (χ2v) is 15.4. The summed E-state index contributed by atoms with van der Waals surface area (Å²) in [6, 6.07) is 28.7. The Labute approximate surface area is 331 Å². The molecule has 2 aliphatic heterocycles. The molecule has 6 aromatic rings. The Morgan fingerprint density at radius 3 is 1.42 bits per heavy atom. The van der Waals surface area contributed by atoms with E-state index in [1.165, 1.54) is 0 Å². The van der Waals surface area contributed by atoms with E-state index in [0.717, 1.165) is 91.8 Å². The smallest absolute Gasteiger partial charge is 0.170 e. The van der Waals surface area contributed by atoms with Crippen LogP contribution < -0.4 is 21.3 Å². The highest BCUT2D eigenvalue weighted by atomic mass is 32.1. The van der Waals surface area contributed by atoms with Gasteiger partial charge >= 0.3 is 0 Å². The zero-order chi connectivity index (χ0) is 37.8. The fraction of sp³-hybridized carbons (Fsp3) is 0.349. The van der Waals surface area contributed by atoms with Crippen molar-refractivity contribution in [1.29, 1.82) is 0 Å². The first-order chi connectivity index (χ1) is 26.9. The van der Waals surface area contributed by atoms with E-state index >= 15 is 0 Å². The predicted octanol–water partition coefficient (Wildman–Crippen LogP) is 8.27. The number of nitrogens with one attached hydrogen (secondary N) is 4. The SMILES string of the molecule is Cc1cccc2c(NC(=S)NCCCC3OCC4(CO3)COC(CCCNC(=S)Nc3c5ccccc5nc5c(C)cccc35)OC4)c3ccccc3nc12. The minimum atomic E-state index is -0.288. The van der Waals surface area contributed by atoms with Crippen LogP contribution in [0.15, 0.2) is 84.9 Å². The normalized spacial score (nSPS) is 19.9. The molecule has 55 heavy (non-hydrogen) atoms. The highest BCUT2D eigenvalue weighted by Gasteiger charge is 2.41. The van der Waals surface area contributed by atoms with Crippen LogP contribution in [0.5, 0.6) is 0 Å². The number of anilines is 2. The first kappa shape index (κ1) is 37.4. The van der Waals surface area contributed by atoms with Crippen molar-refractivity contribution < 1.29 is 18.9 Å². The topological polar surface area (TPSA) is 111 Å². The molecule has 1 spiro atoms. The lowest BCUT2D eigenvalue weighted by atomic mass is 9.90. The van der Waals surface area contributed by atoms with Crippen LogP contribution in [-0.4, -0.2) is 72.3 Å². The number of aromatic nitrogens is 2. The average Bonchev–Trinajstić information content (AvgIpc) is 3.20. The Kier molecular flexibility index (Phi) is 11.3. The van der Waals surface area contributed by atoms with Crippen molar-refractivity contribution in [3.05, 3.63) is 96.1 Å². The van der Waals surface area contributed by atoms with Crippen molar-refractivity contribution in [3.63, 3.8) is 0 Å². The van der Waals surface area contributed by atoms with Gasteiger partial charge in [0.1, 0.15) is 0 Å². The van der Waals surface area contributed by atoms with E-state index in [2.05, 4.69) is 83.6 Å². The summed E-state index contributed by atoms with van der Waals surface area (Å²) < 4.78 is 24.6. The number of nitrogens with zero attached hydrogens (tertiary/aromatic N) is 2. The molecule has 4 heterocycles. The molecule has 12 heteroatoms. The molecule has 0 amide bonds. The average molecular weight is 775 g/mol. The van der Waals surface area contributed by atoms with Gasteiger partial charge in [0, 0.05) is 47.5 Å². The van der Waals surface area contributed by atoms with Gasteiger partial charge in [0.25, 0.3) is 0 Å². The Morgan fingerprint density at radius 2 is 0.982 bits per heavy atom. The first-order valence-electron chi connectivity index (χ1n) is 19.0. The lowest BCUT2D eigenvalue weighted by Crippen LogP contribution is -2.52.